The van der Waals surface area contributed by atoms with Crippen LogP contribution in [0.1, 0.15) is 0 Å². The third-order valence-corrected chi connectivity index (χ3v) is 3.02. The maximum absolute atomic E-state index is 11.7. The number of anilines is 4. The van der Waals surface area contributed by atoms with Crippen LogP contribution in [0.3, 0.4) is 0 Å². The summed E-state index contributed by atoms with van der Waals surface area (Å²) in [6.07, 6.45) is 0. The van der Waals surface area contributed by atoms with Gasteiger partial charge in [-0.25, -0.2) is 4.79 Å². The van der Waals surface area contributed by atoms with Crippen LogP contribution >= 0.6 is 0 Å². The number of nitrogens with one attached hydrogen (secondary N) is 3. The van der Waals surface area contributed by atoms with E-state index in [0.717, 1.165) is 5.69 Å². The maximum atomic E-state index is 11.7. The Balaban J connectivity index is 1.81. The first-order valence-corrected chi connectivity index (χ1v) is 6.92. The van der Waals surface area contributed by atoms with Crippen LogP contribution in [0, 0.1) is 10.1 Å². The van der Waals surface area contributed by atoms with Crippen molar-refractivity contribution in [2.24, 2.45) is 0 Å². The fraction of sp³-hybridized carbons (Fsp3) is 0. The summed E-state index contributed by atoms with van der Waals surface area (Å²) >= 11 is 0. The van der Waals surface area contributed by atoms with Crippen molar-refractivity contribution in [2.75, 3.05) is 10.6 Å². The third-order valence-electron chi connectivity index (χ3n) is 3.02. The van der Waals surface area contributed by atoms with Gasteiger partial charge in [-0.3, -0.25) is 15.1 Å². The van der Waals surface area contributed by atoms with E-state index < -0.39 is 10.6 Å². The second-order valence-corrected chi connectivity index (χ2v) is 4.75. The van der Waals surface area contributed by atoms with Gasteiger partial charge in [-0.05, 0) is 24.3 Å². The summed E-state index contributed by atoms with van der Waals surface area (Å²) in [6, 6.07) is 14.9. The summed E-state index contributed by atoms with van der Waals surface area (Å²) in [4.78, 5) is 32.2. The van der Waals surface area contributed by atoms with Gasteiger partial charge in [0.2, 0.25) is 11.9 Å². The summed E-state index contributed by atoms with van der Waals surface area (Å²) in [5.41, 5.74) is 0.677. The molecule has 3 aromatic rings. The van der Waals surface area contributed by atoms with Crippen LogP contribution in [0.5, 0.6) is 0 Å². The van der Waals surface area contributed by atoms with Crippen molar-refractivity contribution in [3.63, 3.8) is 0 Å². The number of aromatic amines is 1. The highest BCUT2D eigenvalue weighted by Crippen LogP contribution is 2.18. The molecule has 1 aromatic heterocycles. The molecular formula is C15H12N6O3. The number of aromatic nitrogens is 3. The van der Waals surface area contributed by atoms with E-state index in [0.29, 0.717) is 5.69 Å². The van der Waals surface area contributed by atoms with Gasteiger partial charge in [0.05, 0.1) is 4.92 Å². The highest BCUT2D eigenvalue weighted by molar-refractivity contribution is 5.58. The molecule has 0 saturated heterocycles. The Labute approximate surface area is 135 Å². The molecule has 0 aliphatic carbocycles. The standard InChI is InChI=1S/C15H12N6O3/c22-15-19-13(16-10-4-2-1-3-5-10)18-14(20-15)17-11-6-8-12(9-7-11)21(23)24/h1-9H,(H3,16,17,18,19,20,22). The van der Waals surface area contributed by atoms with Gasteiger partial charge >= 0.3 is 5.69 Å². The lowest BCUT2D eigenvalue weighted by Crippen LogP contribution is -2.16. The van der Waals surface area contributed by atoms with Gasteiger partial charge < -0.3 is 10.6 Å². The van der Waals surface area contributed by atoms with Crippen molar-refractivity contribution in [1.82, 2.24) is 15.0 Å². The SMILES string of the molecule is O=c1nc(Nc2ccc([N+](=O)[O-])cc2)nc(Nc2ccccc2)[nH]1. The number of nitro groups is 1. The number of nitro benzene ring substituents is 1. The van der Waals surface area contributed by atoms with Gasteiger partial charge in [0, 0.05) is 23.5 Å². The number of hydrogen-bond acceptors (Lipinski definition) is 7. The minimum absolute atomic E-state index is 0.0289. The third kappa shape index (κ3) is 3.71. The van der Waals surface area contributed by atoms with Crippen molar-refractivity contribution in [2.45, 2.75) is 0 Å². The van der Waals surface area contributed by atoms with Gasteiger partial charge in [0.15, 0.2) is 0 Å². The first-order valence-electron chi connectivity index (χ1n) is 6.92. The molecule has 0 unspecified atom stereocenters. The summed E-state index contributed by atoms with van der Waals surface area (Å²) in [5, 5.41) is 16.4. The predicted molar refractivity (Wildman–Crippen MR) is 88.8 cm³/mol. The Morgan fingerprint density at radius 1 is 0.917 bits per heavy atom. The largest absolute Gasteiger partial charge is 0.351 e. The van der Waals surface area contributed by atoms with Crippen LogP contribution in [0.25, 0.3) is 0 Å². The van der Waals surface area contributed by atoms with E-state index in [-0.39, 0.29) is 17.6 Å². The molecule has 24 heavy (non-hydrogen) atoms. The fourth-order valence-electron chi connectivity index (χ4n) is 1.95. The van der Waals surface area contributed by atoms with E-state index in [2.05, 4.69) is 25.6 Å². The lowest BCUT2D eigenvalue weighted by molar-refractivity contribution is -0.384. The molecule has 1 heterocycles. The number of rotatable bonds is 5. The van der Waals surface area contributed by atoms with E-state index in [1.54, 1.807) is 0 Å². The zero-order valence-electron chi connectivity index (χ0n) is 12.3. The highest BCUT2D eigenvalue weighted by Gasteiger charge is 2.07. The quantitative estimate of drug-likeness (QED) is 0.486. The maximum Gasteiger partial charge on any atom is 0.351 e. The van der Waals surface area contributed by atoms with Crippen molar-refractivity contribution in [1.29, 1.82) is 0 Å². The summed E-state index contributed by atoms with van der Waals surface area (Å²) < 4.78 is 0. The Kier molecular flexibility index (Phi) is 4.15. The van der Waals surface area contributed by atoms with Crippen LogP contribution in [-0.4, -0.2) is 19.9 Å². The monoisotopic (exact) mass is 324 g/mol. The van der Waals surface area contributed by atoms with Crippen LogP contribution in [0.2, 0.25) is 0 Å². The molecule has 0 amide bonds. The fourth-order valence-corrected chi connectivity index (χ4v) is 1.95. The van der Waals surface area contributed by atoms with Crippen molar-refractivity contribution in [3.05, 3.63) is 75.2 Å². The molecule has 9 nitrogen and oxygen atoms in total. The molecule has 0 spiro atoms. The minimum atomic E-state index is -0.576. The van der Waals surface area contributed by atoms with E-state index >= 15 is 0 Å². The number of nitrogens with zero attached hydrogens (tertiary/aromatic N) is 3. The average Bonchev–Trinajstić information content (AvgIpc) is 2.55. The average molecular weight is 324 g/mol. The molecule has 9 heteroatoms. The van der Waals surface area contributed by atoms with Crippen LogP contribution < -0.4 is 16.3 Å². The molecule has 120 valence electrons. The number of benzene rings is 2. The lowest BCUT2D eigenvalue weighted by atomic mass is 10.3. The van der Waals surface area contributed by atoms with Crippen molar-refractivity contribution >= 4 is 29.0 Å². The van der Waals surface area contributed by atoms with Gasteiger partial charge in [-0.2, -0.15) is 9.97 Å². The second kappa shape index (κ2) is 6.57. The van der Waals surface area contributed by atoms with Crippen molar-refractivity contribution < 1.29 is 4.92 Å². The Hall–Kier alpha value is -3.75. The Morgan fingerprint density at radius 3 is 2.25 bits per heavy atom. The predicted octanol–water partition coefficient (Wildman–Crippen LogP) is 2.56. The van der Waals surface area contributed by atoms with E-state index in [4.69, 9.17) is 0 Å². The lowest BCUT2D eigenvalue weighted by Gasteiger charge is -2.07. The molecule has 0 radical (unpaired) electrons. The van der Waals surface area contributed by atoms with Gasteiger partial charge in [0.1, 0.15) is 0 Å². The highest BCUT2D eigenvalue weighted by atomic mass is 16.6. The van der Waals surface area contributed by atoms with Crippen LogP contribution in [0.15, 0.2) is 59.4 Å². The molecule has 3 N–H and O–H groups in total. The smallest absolute Gasteiger partial charge is 0.326 e. The molecule has 0 fully saturated rings. The Bertz CT molecular complexity index is 908. The molecule has 0 atom stereocenters. The molecular weight excluding hydrogens is 312 g/mol. The minimum Gasteiger partial charge on any atom is -0.326 e. The van der Waals surface area contributed by atoms with Gasteiger partial charge in [0.25, 0.3) is 5.69 Å². The molecule has 0 saturated carbocycles. The summed E-state index contributed by atoms with van der Waals surface area (Å²) in [7, 11) is 0. The zero-order chi connectivity index (χ0) is 16.9. The topological polar surface area (TPSA) is 126 Å². The zero-order valence-corrected chi connectivity index (χ0v) is 12.3. The number of para-hydroxylation sites is 1. The summed E-state index contributed by atoms with van der Waals surface area (Å²) in [5.74, 6) is 0.302. The number of H-pyrrole nitrogens is 1. The molecule has 3 rings (SSSR count). The molecule has 0 aliphatic heterocycles. The summed E-state index contributed by atoms with van der Waals surface area (Å²) in [6.45, 7) is 0. The number of non-ortho nitro benzene ring substituents is 1. The van der Waals surface area contributed by atoms with E-state index in [1.807, 2.05) is 30.3 Å². The Morgan fingerprint density at radius 2 is 1.58 bits per heavy atom. The first-order chi connectivity index (χ1) is 11.6. The van der Waals surface area contributed by atoms with Crippen LogP contribution in [-0.2, 0) is 0 Å². The molecule has 2 aromatic carbocycles. The molecule has 0 aliphatic rings. The normalized spacial score (nSPS) is 10.2. The first kappa shape index (κ1) is 15.2. The number of hydrogen-bond donors (Lipinski definition) is 3. The van der Waals surface area contributed by atoms with Crippen LogP contribution in [0.4, 0.5) is 29.0 Å². The van der Waals surface area contributed by atoms with Gasteiger partial charge in [-0.15, -0.1) is 0 Å². The molecule has 0 bridgehead atoms. The second-order valence-electron chi connectivity index (χ2n) is 4.75. The van der Waals surface area contributed by atoms with Gasteiger partial charge in [-0.1, -0.05) is 18.2 Å². The van der Waals surface area contributed by atoms with E-state index in [9.17, 15) is 14.9 Å². The van der Waals surface area contributed by atoms with Crippen molar-refractivity contribution in [3.8, 4) is 0 Å². The van der Waals surface area contributed by atoms with E-state index in [1.165, 1.54) is 24.3 Å².